The Morgan fingerprint density at radius 2 is 1.90 bits per heavy atom. The van der Waals surface area contributed by atoms with E-state index < -0.39 is 0 Å². The molecule has 3 heteroatoms. The normalized spacial score (nSPS) is 10.6. The monoisotopic (exact) mass is 268 g/mol. The molecule has 0 fully saturated rings. The minimum atomic E-state index is 0.00458. The molecule has 20 heavy (non-hydrogen) atoms. The quantitative estimate of drug-likeness (QED) is 0.827. The highest BCUT2D eigenvalue weighted by molar-refractivity contribution is 6.05. The molecular weight excluding hydrogens is 248 g/mol. The van der Waals surface area contributed by atoms with Crippen LogP contribution in [0.4, 0.5) is 5.69 Å². The number of nitrogens with zero attached hydrogens (tertiary/aromatic N) is 2. The lowest BCUT2D eigenvalue weighted by Gasteiger charge is -2.23. The van der Waals surface area contributed by atoms with Crippen molar-refractivity contribution in [3.05, 3.63) is 60.4 Å². The first-order valence-corrected chi connectivity index (χ1v) is 6.95. The Morgan fingerprint density at radius 3 is 2.50 bits per heavy atom. The molecule has 3 nitrogen and oxygen atoms in total. The van der Waals surface area contributed by atoms with Gasteiger partial charge in [0.1, 0.15) is 0 Å². The molecule has 0 bridgehead atoms. The van der Waals surface area contributed by atoms with Gasteiger partial charge in [-0.2, -0.15) is 0 Å². The number of aromatic nitrogens is 1. The van der Waals surface area contributed by atoms with Crippen molar-refractivity contribution >= 4 is 11.6 Å². The molecule has 0 aliphatic heterocycles. The minimum Gasteiger partial charge on any atom is -0.308 e. The van der Waals surface area contributed by atoms with Crippen LogP contribution in [0.2, 0.25) is 0 Å². The molecule has 0 unspecified atom stereocenters. The maximum absolute atomic E-state index is 12.6. The zero-order chi connectivity index (χ0) is 14.4. The van der Waals surface area contributed by atoms with Gasteiger partial charge >= 0.3 is 0 Å². The smallest absolute Gasteiger partial charge is 0.259 e. The maximum Gasteiger partial charge on any atom is 0.259 e. The molecule has 1 aromatic carbocycles. The summed E-state index contributed by atoms with van der Waals surface area (Å²) in [7, 11) is 0. The average Bonchev–Trinajstić information content (AvgIpc) is 2.49. The van der Waals surface area contributed by atoms with Crippen molar-refractivity contribution < 1.29 is 4.79 Å². The molecule has 1 aromatic heterocycles. The molecular formula is C17H20N2O. The molecule has 0 saturated heterocycles. The molecule has 0 spiro atoms. The first kappa shape index (κ1) is 14.3. The van der Waals surface area contributed by atoms with Crippen LogP contribution in [0, 0.1) is 5.92 Å². The fraction of sp³-hybridized carbons (Fsp3) is 0.294. The van der Waals surface area contributed by atoms with Gasteiger partial charge in [0.15, 0.2) is 0 Å². The number of rotatable bonds is 5. The molecule has 0 atom stereocenters. The van der Waals surface area contributed by atoms with Crippen LogP contribution >= 0.6 is 0 Å². The van der Waals surface area contributed by atoms with Crippen molar-refractivity contribution in [2.24, 2.45) is 5.92 Å². The van der Waals surface area contributed by atoms with E-state index in [0.29, 0.717) is 11.5 Å². The van der Waals surface area contributed by atoms with Crippen molar-refractivity contribution in [3.8, 4) is 0 Å². The zero-order valence-corrected chi connectivity index (χ0v) is 12.0. The summed E-state index contributed by atoms with van der Waals surface area (Å²) in [5.41, 5.74) is 1.56. The minimum absolute atomic E-state index is 0.00458. The third-order valence-corrected chi connectivity index (χ3v) is 3.15. The molecule has 104 valence electrons. The highest BCUT2D eigenvalue weighted by Gasteiger charge is 2.17. The fourth-order valence-corrected chi connectivity index (χ4v) is 1.99. The summed E-state index contributed by atoms with van der Waals surface area (Å²) >= 11 is 0. The van der Waals surface area contributed by atoms with Crippen LogP contribution < -0.4 is 4.90 Å². The Balaban J connectivity index is 2.25. The van der Waals surface area contributed by atoms with Gasteiger partial charge in [-0.1, -0.05) is 32.0 Å². The molecule has 0 N–H and O–H groups in total. The predicted molar refractivity (Wildman–Crippen MR) is 81.8 cm³/mol. The Bertz CT molecular complexity index is 537. The number of pyridine rings is 1. The molecule has 0 aliphatic carbocycles. The van der Waals surface area contributed by atoms with Gasteiger partial charge in [-0.25, -0.2) is 0 Å². The van der Waals surface area contributed by atoms with E-state index in [1.54, 1.807) is 24.5 Å². The molecule has 1 amide bonds. The highest BCUT2D eigenvalue weighted by Crippen LogP contribution is 2.18. The van der Waals surface area contributed by atoms with E-state index in [0.717, 1.165) is 18.7 Å². The van der Waals surface area contributed by atoms with Crippen LogP contribution in [-0.2, 0) is 0 Å². The van der Waals surface area contributed by atoms with Gasteiger partial charge in [0.25, 0.3) is 5.91 Å². The number of hydrogen-bond donors (Lipinski definition) is 0. The van der Waals surface area contributed by atoms with E-state index in [4.69, 9.17) is 0 Å². The maximum atomic E-state index is 12.6. The van der Waals surface area contributed by atoms with Gasteiger partial charge in [0, 0.05) is 24.6 Å². The lowest BCUT2D eigenvalue weighted by atomic mass is 10.1. The molecule has 1 heterocycles. The number of hydrogen-bond acceptors (Lipinski definition) is 2. The topological polar surface area (TPSA) is 33.2 Å². The summed E-state index contributed by atoms with van der Waals surface area (Å²) in [6.07, 6.45) is 4.27. The summed E-state index contributed by atoms with van der Waals surface area (Å²) in [6.45, 7) is 5.05. The van der Waals surface area contributed by atoms with Crippen LogP contribution in [0.1, 0.15) is 30.6 Å². The Hall–Kier alpha value is -2.16. The first-order chi connectivity index (χ1) is 9.68. The first-order valence-electron chi connectivity index (χ1n) is 6.95. The standard InChI is InChI=1S/C17H20N2O/c1-14(2)10-12-19(16-8-4-3-5-9-16)17(20)15-7-6-11-18-13-15/h3-9,11,13-14H,10,12H2,1-2H3. The lowest BCUT2D eigenvalue weighted by Crippen LogP contribution is -2.32. The van der Waals surface area contributed by atoms with Gasteiger partial charge in [0.2, 0.25) is 0 Å². The zero-order valence-electron chi connectivity index (χ0n) is 12.0. The Morgan fingerprint density at radius 1 is 1.15 bits per heavy atom. The van der Waals surface area contributed by atoms with E-state index in [1.807, 2.05) is 35.2 Å². The Labute approximate surface area is 120 Å². The van der Waals surface area contributed by atoms with E-state index in [9.17, 15) is 4.79 Å². The summed E-state index contributed by atoms with van der Waals surface area (Å²) in [4.78, 5) is 18.5. The van der Waals surface area contributed by atoms with Crippen LogP contribution in [0.3, 0.4) is 0 Å². The third kappa shape index (κ3) is 3.67. The van der Waals surface area contributed by atoms with E-state index in [-0.39, 0.29) is 5.91 Å². The largest absolute Gasteiger partial charge is 0.308 e. The third-order valence-electron chi connectivity index (χ3n) is 3.15. The molecule has 0 saturated carbocycles. The summed E-state index contributed by atoms with van der Waals surface area (Å²) in [5, 5.41) is 0. The number of carbonyl (C=O) groups is 1. The van der Waals surface area contributed by atoms with Gasteiger partial charge < -0.3 is 4.90 Å². The number of carbonyl (C=O) groups excluding carboxylic acids is 1. The van der Waals surface area contributed by atoms with E-state index in [2.05, 4.69) is 18.8 Å². The van der Waals surface area contributed by atoms with Crippen molar-refractivity contribution in [3.63, 3.8) is 0 Å². The predicted octanol–water partition coefficient (Wildman–Crippen LogP) is 3.77. The number of para-hydroxylation sites is 1. The van der Waals surface area contributed by atoms with Crippen molar-refractivity contribution in [2.45, 2.75) is 20.3 Å². The number of anilines is 1. The van der Waals surface area contributed by atoms with Gasteiger partial charge in [0.05, 0.1) is 5.56 Å². The SMILES string of the molecule is CC(C)CCN(C(=O)c1cccnc1)c1ccccc1. The fourth-order valence-electron chi connectivity index (χ4n) is 1.99. The second-order valence-electron chi connectivity index (χ2n) is 5.22. The second kappa shape index (κ2) is 6.85. The molecule has 0 aliphatic rings. The Kier molecular flexibility index (Phi) is 4.88. The van der Waals surface area contributed by atoms with Crippen molar-refractivity contribution in [1.29, 1.82) is 0 Å². The lowest BCUT2D eigenvalue weighted by molar-refractivity contribution is 0.0985. The van der Waals surface area contributed by atoms with Gasteiger partial charge in [-0.15, -0.1) is 0 Å². The summed E-state index contributed by atoms with van der Waals surface area (Å²) < 4.78 is 0. The molecule has 2 aromatic rings. The molecule has 0 radical (unpaired) electrons. The summed E-state index contributed by atoms with van der Waals surface area (Å²) in [6, 6.07) is 13.4. The van der Waals surface area contributed by atoms with Crippen LogP contribution in [0.25, 0.3) is 0 Å². The van der Waals surface area contributed by atoms with Crippen LogP contribution in [0.15, 0.2) is 54.9 Å². The second-order valence-corrected chi connectivity index (χ2v) is 5.22. The van der Waals surface area contributed by atoms with E-state index >= 15 is 0 Å². The molecule has 2 rings (SSSR count). The van der Waals surface area contributed by atoms with Crippen LogP contribution in [-0.4, -0.2) is 17.4 Å². The summed E-state index contributed by atoms with van der Waals surface area (Å²) in [5.74, 6) is 0.563. The number of amides is 1. The average molecular weight is 268 g/mol. The van der Waals surface area contributed by atoms with Crippen LogP contribution in [0.5, 0.6) is 0 Å². The number of benzene rings is 1. The van der Waals surface area contributed by atoms with Gasteiger partial charge in [-0.05, 0) is 36.6 Å². The van der Waals surface area contributed by atoms with E-state index in [1.165, 1.54) is 0 Å². The van der Waals surface area contributed by atoms with Crippen molar-refractivity contribution in [2.75, 3.05) is 11.4 Å². The highest BCUT2D eigenvalue weighted by atomic mass is 16.2. The van der Waals surface area contributed by atoms with Gasteiger partial charge in [-0.3, -0.25) is 9.78 Å². The van der Waals surface area contributed by atoms with Crippen molar-refractivity contribution in [1.82, 2.24) is 4.98 Å².